The van der Waals surface area contributed by atoms with Crippen molar-refractivity contribution in [1.29, 1.82) is 0 Å². The number of hydrogen-bond donors (Lipinski definition) is 2. The van der Waals surface area contributed by atoms with Gasteiger partial charge in [0.2, 0.25) is 0 Å². The molecule has 2 rings (SSSR count). The van der Waals surface area contributed by atoms with E-state index in [-0.39, 0.29) is 18.2 Å². The van der Waals surface area contributed by atoms with E-state index in [1.54, 1.807) is 0 Å². The van der Waals surface area contributed by atoms with Crippen LogP contribution in [-0.4, -0.2) is 29.9 Å². The molecule has 1 heterocycles. The van der Waals surface area contributed by atoms with Gasteiger partial charge in [0.1, 0.15) is 6.10 Å². The highest BCUT2D eigenvalue weighted by Gasteiger charge is 2.33. The first kappa shape index (κ1) is 12.9. The van der Waals surface area contributed by atoms with Crippen LogP contribution in [0.15, 0.2) is 12.3 Å². The van der Waals surface area contributed by atoms with Gasteiger partial charge in [-0.25, -0.2) is 0 Å². The Morgan fingerprint density at radius 2 is 2.12 bits per heavy atom. The minimum atomic E-state index is -0.0446. The Hall–Kier alpha value is -0.540. The highest BCUT2D eigenvalue weighted by Crippen LogP contribution is 2.31. The van der Waals surface area contributed by atoms with Crippen LogP contribution in [0.4, 0.5) is 0 Å². The number of ether oxygens (including phenoxy) is 1. The van der Waals surface area contributed by atoms with Gasteiger partial charge in [-0.05, 0) is 50.5 Å². The van der Waals surface area contributed by atoms with Crippen molar-refractivity contribution in [2.24, 2.45) is 5.92 Å². The Kier molecular flexibility index (Phi) is 4.46. The number of allylic oxidation sites excluding steroid dienone is 1. The predicted octanol–water partition coefficient (Wildman–Crippen LogP) is 2.21. The summed E-state index contributed by atoms with van der Waals surface area (Å²) in [5.74, 6) is 0.810. The third-order valence-electron chi connectivity index (χ3n) is 4.26. The zero-order valence-electron chi connectivity index (χ0n) is 10.8. The second-order valence-corrected chi connectivity index (χ2v) is 5.71. The van der Waals surface area contributed by atoms with E-state index in [4.69, 9.17) is 4.74 Å². The Labute approximate surface area is 104 Å². The molecular formula is C14H25NO2. The highest BCUT2D eigenvalue weighted by atomic mass is 16.5. The molecule has 0 spiro atoms. The van der Waals surface area contributed by atoms with Crippen molar-refractivity contribution in [2.45, 2.75) is 57.1 Å². The molecule has 2 aliphatic rings. The minimum Gasteiger partial charge on any atom is -0.497 e. The van der Waals surface area contributed by atoms with Crippen molar-refractivity contribution >= 4 is 0 Å². The maximum Gasteiger partial charge on any atom is 0.110 e. The number of nitrogens with one attached hydrogen (secondary N) is 1. The molecule has 1 saturated carbocycles. The zero-order valence-corrected chi connectivity index (χ0v) is 10.8. The summed E-state index contributed by atoms with van der Waals surface area (Å²) in [4.78, 5) is 0. The van der Waals surface area contributed by atoms with Gasteiger partial charge in [-0.1, -0.05) is 6.92 Å². The number of aliphatic hydroxyl groups is 1. The molecule has 0 bridgehead atoms. The normalized spacial score (nSPS) is 37.8. The van der Waals surface area contributed by atoms with Crippen LogP contribution in [0, 0.1) is 5.92 Å². The van der Waals surface area contributed by atoms with Gasteiger partial charge in [0, 0.05) is 12.1 Å². The summed E-state index contributed by atoms with van der Waals surface area (Å²) in [5.41, 5.74) is -0.0446. The van der Waals surface area contributed by atoms with Crippen LogP contribution in [0.25, 0.3) is 0 Å². The molecule has 2 N–H and O–H groups in total. The Balaban J connectivity index is 1.80. The van der Waals surface area contributed by atoms with Crippen LogP contribution in [-0.2, 0) is 4.74 Å². The monoisotopic (exact) mass is 239 g/mol. The molecule has 1 atom stereocenters. The average molecular weight is 239 g/mol. The van der Waals surface area contributed by atoms with Crippen LogP contribution in [0.1, 0.15) is 45.4 Å². The number of hydrogen-bond acceptors (Lipinski definition) is 3. The van der Waals surface area contributed by atoms with Crippen molar-refractivity contribution in [3.63, 3.8) is 0 Å². The first-order valence-corrected chi connectivity index (χ1v) is 6.90. The summed E-state index contributed by atoms with van der Waals surface area (Å²) in [7, 11) is 0. The van der Waals surface area contributed by atoms with Gasteiger partial charge in [-0.15, -0.1) is 0 Å². The fourth-order valence-corrected chi connectivity index (χ4v) is 2.77. The Morgan fingerprint density at radius 1 is 1.35 bits per heavy atom. The maximum absolute atomic E-state index is 9.64. The molecule has 1 aliphatic heterocycles. The van der Waals surface area contributed by atoms with E-state index in [2.05, 4.69) is 18.3 Å². The fraction of sp³-hybridized carbons (Fsp3) is 0.857. The molecular weight excluding hydrogens is 214 g/mol. The summed E-state index contributed by atoms with van der Waals surface area (Å²) in [5, 5.41) is 13.2. The molecule has 0 aromatic heterocycles. The van der Waals surface area contributed by atoms with Gasteiger partial charge in [-0.3, -0.25) is 0 Å². The average Bonchev–Trinajstić information content (AvgIpc) is 2.40. The minimum absolute atomic E-state index is 0.0446. The van der Waals surface area contributed by atoms with E-state index in [0.717, 1.165) is 38.1 Å². The van der Waals surface area contributed by atoms with Crippen molar-refractivity contribution in [2.75, 3.05) is 13.2 Å². The number of aliphatic hydroxyl groups excluding tert-OH is 1. The number of rotatable bonds is 4. The van der Waals surface area contributed by atoms with Gasteiger partial charge in [0.25, 0.3) is 0 Å². The van der Waals surface area contributed by atoms with Gasteiger partial charge in [0.05, 0.1) is 12.9 Å². The summed E-state index contributed by atoms with van der Waals surface area (Å²) < 4.78 is 5.55. The van der Waals surface area contributed by atoms with E-state index in [9.17, 15) is 5.11 Å². The van der Waals surface area contributed by atoms with E-state index in [0.29, 0.717) is 0 Å². The lowest BCUT2D eigenvalue weighted by atomic mass is 9.77. The Bertz CT molecular complexity index is 257. The van der Waals surface area contributed by atoms with E-state index in [1.165, 1.54) is 12.8 Å². The van der Waals surface area contributed by atoms with Crippen molar-refractivity contribution < 1.29 is 9.84 Å². The lowest BCUT2D eigenvalue weighted by Gasteiger charge is -2.40. The SMILES string of the molecule is CC1CCC(CO)(NCC2CCC=CO2)CC1. The van der Waals surface area contributed by atoms with E-state index in [1.807, 2.05) is 6.26 Å². The molecule has 3 heteroatoms. The molecule has 0 aromatic carbocycles. The summed E-state index contributed by atoms with van der Waals surface area (Å²) in [6, 6.07) is 0. The quantitative estimate of drug-likeness (QED) is 0.790. The zero-order chi connectivity index (χ0) is 12.1. The summed E-state index contributed by atoms with van der Waals surface area (Å²) in [6.45, 7) is 3.41. The lowest BCUT2D eigenvalue weighted by molar-refractivity contribution is 0.0707. The van der Waals surface area contributed by atoms with Gasteiger partial charge >= 0.3 is 0 Å². The topological polar surface area (TPSA) is 41.5 Å². The third-order valence-corrected chi connectivity index (χ3v) is 4.26. The molecule has 0 aromatic rings. The van der Waals surface area contributed by atoms with Gasteiger partial charge in [0.15, 0.2) is 0 Å². The van der Waals surface area contributed by atoms with E-state index >= 15 is 0 Å². The van der Waals surface area contributed by atoms with Crippen LogP contribution in [0.5, 0.6) is 0 Å². The second kappa shape index (κ2) is 5.87. The first-order valence-electron chi connectivity index (χ1n) is 6.90. The van der Waals surface area contributed by atoms with Crippen molar-refractivity contribution in [1.82, 2.24) is 5.32 Å². The largest absolute Gasteiger partial charge is 0.497 e. The van der Waals surface area contributed by atoms with Crippen molar-refractivity contribution in [3.05, 3.63) is 12.3 Å². The van der Waals surface area contributed by atoms with E-state index < -0.39 is 0 Å². The lowest BCUT2D eigenvalue weighted by Crippen LogP contribution is -2.53. The molecule has 3 nitrogen and oxygen atoms in total. The Morgan fingerprint density at radius 3 is 2.71 bits per heavy atom. The first-order chi connectivity index (χ1) is 8.24. The van der Waals surface area contributed by atoms with Crippen LogP contribution in [0.2, 0.25) is 0 Å². The molecule has 1 unspecified atom stereocenters. The van der Waals surface area contributed by atoms with Crippen LogP contribution in [0.3, 0.4) is 0 Å². The fourth-order valence-electron chi connectivity index (χ4n) is 2.77. The molecule has 0 radical (unpaired) electrons. The maximum atomic E-state index is 9.64. The second-order valence-electron chi connectivity index (χ2n) is 5.71. The summed E-state index contributed by atoms with van der Waals surface area (Å²) in [6.07, 6.45) is 11.0. The molecule has 17 heavy (non-hydrogen) atoms. The highest BCUT2D eigenvalue weighted by molar-refractivity contribution is 4.93. The molecule has 98 valence electrons. The van der Waals surface area contributed by atoms with Crippen molar-refractivity contribution in [3.8, 4) is 0 Å². The van der Waals surface area contributed by atoms with Crippen LogP contribution < -0.4 is 5.32 Å². The van der Waals surface area contributed by atoms with Crippen LogP contribution >= 0.6 is 0 Å². The summed E-state index contributed by atoms with van der Waals surface area (Å²) >= 11 is 0. The molecule has 1 fully saturated rings. The molecule has 0 saturated heterocycles. The van der Waals surface area contributed by atoms with Gasteiger partial charge < -0.3 is 15.2 Å². The predicted molar refractivity (Wildman–Crippen MR) is 68.7 cm³/mol. The molecule has 1 aliphatic carbocycles. The third kappa shape index (κ3) is 3.46. The standard InChI is InChI=1S/C14H25NO2/c1-12-5-7-14(11-16,8-6-12)15-10-13-4-2-3-9-17-13/h3,9,12-13,15-16H,2,4-8,10-11H2,1H3. The van der Waals surface area contributed by atoms with Gasteiger partial charge in [-0.2, -0.15) is 0 Å². The smallest absolute Gasteiger partial charge is 0.110 e. The molecule has 0 amide bonds.